The molecular weight excluding hydrogens is 498 g/mol. The first-order chi connectivity index (χ1) is 17.7. The maximum atomic E-state index is 13.8. The maximum Gasteiger partial charge on any atom is 0.338 e. The molecule has 0 amide bonds. The molecule has 37 heavy (non-hydrogen) atoms. The van der Waals surface area contributed by atoms with Gasteiger partial charge in [-0.2, -0.15) is 0 Å². The minimum absolute atomic E-state index is 0.0366. The lowest BCUT2D eigenvalue weighted by molar-refractivity contribution is -0.385. The zero-order valence-corrected chi connectivity index (χ0v) is 21.8. The molecule has 1 aliphatic heterocycles. The third-order valence-corrected chi connectivity index (χ3v) is 6.91. The van der Waals surface area contributed by atoms with Gasteiger partial charge >= 0.3 is 11.7 Å². The van der Waals surface area contributed by atoms with Crippen LogP contribution in [0.2, 0.25) is 0 Å². The molecule has 2 heterocycles. The van der Waals surface area contributed by atoms with Gasteiger partial charge in [0.15, 0.2) is 4.80 Å². The van der Waals surface area contributed by atoms with Crippen LogP contribution in [0.15, 0.2) is 57.5 Å². The lowest BCUT2D eigenvalue weighted by atomic mass is 9.95. The van der Waals surface area contributed by atoms with Crippen LogP contribution in [0, 0.1) is 17.0 Å². The van der Waals surface area contributed by atoms with Crippen LogP contribution in [0.5, 0.6) is 11.5 Å². The Morgan fingerprint density at radius 2 is 1.84 bits per heavy atom. The molecule has 0 bridgehead atoms. The molecule has 2 aromatic carbocycles. The number of carbonyl (C=O) groups is 1. The Balaban J connectivity index is 1.98. The summed E-state index contributed by atoms with van der Waals surface area (Å²) in [5, 5.41) is 11.6. The number of nitrogens with zero attached hydrogens (tertiary/aromatic N) is 3. The molecule has 1 aliphatic rings. The van der Waals surface area contributed by atoms with Crippen molar-refractivity contribution in [1.82, 2.24) is 4.57 Å². The van der Waals surface area contributed by atoms with E-state index in [1.807, 2.05) is 31.2 Å². The summed E-state index contributed by atoms with van der Waals surface area (Å²) >= 11 is 1.12. The van der Waals surface area contributed by atoms with Gasteiger partial charge in [-0.25, -0.2) is 9.79 Å². The Morgan fingerprint density at radius 3 is 2.43 bits per heavy atom. The van der Waals surface area contributed by atoms with Crippen LogP contribution in [-0.4, -0.2) is 36.3 Å². The van der Waals surface area contributed by atoms with Gasteiger partial charge in [0.2, 0.25) is 5.75 Å². The minimum atomic E-state index is -0.745. The average molecular weight is 524 g/mol. The molecular formula is C26H25N3O7S. The first-order valence-electron chi connectivity index (χ1n) is 11.4. The van der Waals surface area contributed by atoms with E-state index in [4.69, 9.17) is 14.2 Å². The van der Waals surface area contributed by atoms with Crippen molar-refractivity contribution in [2.45, 2.75) is 26.8 Å². The summed E-state index contributed by atoms with van der Waals surface area (Å²) in [6.45, 7) is 5.55. The van der Waals surface area contributed by atoms with Crippen molar-refractivity contribution >= 4 is 29.1 Å². The van der Waals surface area contributed by atoms with Gasteiger partial charge in [0.05, 0.1) is 47.6 Å². The molecule has 0 spiro atoms. The van der Waals surface area contributed by atoms with Gasteiger partial charge in [0.1, 0.15) is 5.75 Å². The van der Waals surface area contributed by atoms with Crippen LogP contribution in [0.4, 0.5) is 5.69 Å². The lowest BCUT2D eigenvalue weighted by Gasteiger charge is -2.24. The summed E-state index contributed by atoms with van der Waals surface area (Å²) in [6.07, 6.45) is 1.52. The van der Waals surface area contributed by atoms with Crippen molar-refractivity contribution < 1.29 is 23.9 Å². The van der Waals surface area contributed by atoms with E-state index in [-0.39, 0.29) is 28.1 Å². The molecule has 192 valence electrons. The molecule has 0 aliphatic carbocycles. The fraction of sp³-hybridized carbons (Fsp3) is 0.269. The van der Waals surface area contributed by atoms with Crippen molar-refractivity contribution in [2.24, 2.45) is 4.99 Å². The summed E-state index contributed by atoms with van der Waals surface area (Å²) < 4.78 is 17.6. The first kappa shape index (κ1) is 25.8. The van der Waals surface area contributed by atoms with Crippen LogP contribution >= 0.6 is 11.3 Å². The number of aryl methyl sites for hydroxylation is 1. The van der Waals surface area contributed by atoms with Gasteiger partial charge in [0, 0.05) is 17.7 Å². The SMILES string of the molecule is CCOC(=O)C1=C(C)N=c2s/c(=C/c3cc([N+](=O)[O-])c(OC)cc3OC)c(=O)n2[C@H]1c1ccc(C)cc1. The predicted octanol–water partition coefficient (Wildman–Crippen LogP) is 3.03. The second-order valence-electron chi connectivity index (χ2n) is 8.24. The number of methoxy groups -OCH3 is 2. The highest BCUT2D eigenvalue weighted by Gasteiger charge is 2.33. The maximum absolute atomic E-state index is 13.8. The Kier molecular flexibility index (Phi) is 7.25. The van der Waals surface area contributed by atoms with Crippen LogP contribution in [-0.2, 0) is 9.53 Å². The highest BCUT2D eigenvalue weighted by molar-refractivity contribution is 7.07. The van der Waals surface area contributed by atoms with Crippen molar-refractivity contribution in [3.8, 4) is 11.5 Å². The third kappa shape index (κ3) is 4.77. The number of hydrogen-bond acceptors (Lipinski definition) is 9. The molecule has 0 saturated carbocycles. The van der Waals surface area contributed by atoms with E-state index >= 15 is 0 Å². The Bertz CT molecular complexity index is 1600. The Morgan fingerprint density at radius 1 is 1.16 bits per heavy atom. The number of thiazole rings is 1. The molecule has 4 rings (SSSR count). The van der Waals surface area contributed by atoms with E-state index in [2.05, 4.69) is 4.99 Å². The summed E-state index contributed by atoms with van der Waals surface area (Å²) in [7, 11) is 2.75. The number of hydrogen-bond donors (Lipinski definition) is 0. The number of carbonyl (C=O) groups excluding carboxylic acids is 1. The van der Waals surface area contributed by atoms with Gasteiger partial charge in [0.25, 0.3) is 5.56 Å². The van der Waals surface area contributed by atoms with E-state index in [0.29, 0.717) is 21.8 Å². The molecule has 11 heteroatoms. The molecule has 0 N–H and O–H groups in total. The van der Waals surface area contributed by atoms with Gasteiger partial charge in [-0.3, -0.25) is 19.5 Å². The smallest absolute Gasteiger partial charge is 0.338 e. The first-order valence-corrected chi connectivity index (χ1v) is 12.2. The fourth-order valence-electron chi connectivity index (χ4n) is 4.16. The fourth-order valence-corrected chi connectivity index (χ4v) is 5.20. The summed E-state index contributed by atoms with van der Waals surface area (Å²) in [4.78, 5) is 42.7. The summed E-state index contributed by atoms with van der Waals surface area (Å²) in [5.41, 5.74) is 2.16. The number of rotatable bonds is 7. The van der Waals surface area contributed by atoms with Crippen LogP contribution in [0.3, 0.4) is 0 Å². The zero-order valence-electron chi connectivity index (χ0n) is 20.9. The van der Waals surface area contributed by atoms with Gasteiger partial charge in [-0.1, -0.05) is 41.2 Å². The quantitative estimate of drug-likeness (QED) is 0.265. The summed E-state index contributed by atoms with van der Waals surface area (Å²) in [6, 6.07) is 9.50. The van der Waals surface area contributed by atoms with Crippen molar-refractivity contribution in [2.75, 3.05) is 20.8 Å². The standard InChI is InChI=1S/C26H25N3O7S/c1-6-36-25(31)22-15(3)27-26-28(23(22)16-9-7-14(2)8-10-16)24(30)21(37-26)12-17-11-18(29(32)33)20(35-5)13-19(17)34-4/h7-13,23H,6H2,1-5H3/b21-12+/t23-/m0/s1. The molecule has 0 fully saturated rings. The topological polar surface area (TPSA) is 122 Å². The highest BCUT2D eigenvalue weighted by atomic mass is 32.1. The molecule has 1 aromatic heterocycles. The third-order valence-electron chi connectivity index (χ3n) is 5.92. The molecule has 10 nitrogen and oxygen atoms in total. The molecule has 0 saturated heterocycles. The number of fused-ring (bicyclic) bond motifs is 1. The van der Waals surface area contributed by atoms with Crippen LogP contribution in [0.1, 0.15) is 36.6 Å². The molecule has 3 aromatic rings. The average Bonchev–Trinajstić information content (AvgIpc) is 3.17. The second-order valence-corrected chi connectivity index (χ2v) is 9.25. The monoisotopic (exact) mass is 523 g/mol. The normalized spacial score (nSPS) is 15.2. The molecule has 0 radical (unpaired) electrons. The molecule has 1 atom stereocenters. The largest absolute Gasteiger partial charge is 0.496 e. The Hall–Kier alpha value is -4.25. The number of benzene rings is 2. The van der Waals surface area contributed by atoms with E-state index in [0.717, 1.165) is 22.5 Å². The van der Waals surface area contributed by atoms with Crippen molar-refractivity contribution in [3.05, 3.63) is 94.2 Å². The van der Waals surface area contributed by atoms with Crippen molar-refractivity contribution in [3.63, 3.8) is 0 Å². The molecule has 0 unspecified atom stereocenters. The number of allylic oxidation sites excluding steroid dienone is 1. The minimum Gasteiger partial charge on any atom is -0.496 e. The zero-order chi connectivity index (χ0) is 26.9. The van der Waals surface area contributed by atoms with E-state index in [1.165, 1.54) is 37.0 Å². The Labute approximate surface area is 215 Å². The van der Waals surface area contributed by atoms with Gasteiger partial charge < -0.3 is 14.2 Å². The van der Waals surface area contributed by atoms with E-state index in [9.17, 15) is 19.7 Å². The van der Waals surface area contributed by atoms with E-state index in [1.54, 1.807) is 13.8 Å². The van der Waals surface area contributed by atoms with Crippen LogP contribution < -0.4 is 24.4 Å². The van der Waals surface area contributed by atoms with Gasteiger partial charge in [-0.05, 0) is 32.4 Å². The summed E-state index contributed by atoms with van der Waals surface area (Å²) in [5.74, 6) is -0.211. The number of esters is 1. The predicted molar refractivity (Wildman–Crippen MR) is 138 cm³/mol. The lowest BCUT2D eigenvalue weighted by Crippen LogP contribution is -2.39. The number of ether oxygens (including phenoxy) is 3. The van der Waals surface area contributed by atoms with Gasteiger partial charge in [-0.15, -0.1) is 0 Å². The number of nitro groups is 1. The highest BCUT2D eigenvalue weighted by Crippen LogP contribution is 2.35. The van der Waals surface area contributed by atoms with Crippen LogP contribution in [0.25, 0.3) is 6.08 Å². The number of nitro benzene ring substituents is 1. The van der Waals surface area contributed by atoms with E-state index < -0.39 is 22.5 Å². The second kappa shape index (κ2) is 10.4. The number of aromatic nitrogens is 1. The van der Waals surface area contributed by atoms with Crippen molar-refractivity contribution in [1.29, 1.82) is 0 Å².